The van der Waals surface area contributed by atoms with Crippen LogP contribution in [0, 0.1) is 0 Å². The lowest BCUT2D eigenvalue weighted by molar-refractivity contribution is 0.00578. The summed E-state index contributed by atoms with van der Waals surface area (Å²) < 4.78 is 12.1. The van der Waals surface area contributed by atoms with E-state index in [2.05, 4.69) is 44.8 Å². The molecule has 2 aromatic rings. The Morgan fingerprint density at radius 1 is 0.864 bits per heavy atom. The highest BCUT2D eigenvalue weighted by Crippen LogP contribution is 2.36. The van der Waals surface area contributed by atoms with Crippen LogP contribution in [0.5, 0.6) is 0 Å². The Labute approximate surface area is 133 Å². The number of pyridine rings is 1. The van der Waals surface area contributed by atoms with Gasteiger partial charge in [-0.15, -0.1) is 0 Å². The van der Waals surface area contributed by atoms with Crippen molar-refractivity contribution in [1.82, 2.24) is 4.98 Å². The molecule has 4 heteroatoms. The second-order valence-electron chi connectivity index (χ2n) is 6.43. The van der Waals surface area contributed by atoms with E-state index in [-0.39, 0.29) is 25.7 Å². The molecule has 0 aliphatic carbocycles. The minimum Gasteiger partial charge on any atom is -0.399 e. The standard InChI is InChI=1S/C17H20BNO2.CH4/c1-16(2)17(3,4)21-18(20-16)14-10-8-13(9-11-14)15-7-5-6-12-19-15;/h5-12H,1-4H3;1H4. The predicted octanol–water partition coefficient (Wildman–Crippen LogP) is 3.68. The highest BCUT2D eigenvalue weighted by molar-refractivity contribution is 6.62. The van der Waals surface area contributed by atoms with Crippen LogP contribution in [0.15, 0.2) is 48.7 Å². The minimum atomic E-state index is -0.312. The molecule has 0 bridgehead atoms. The first-order chi connectivity index (χ1) is 9.89. The molecule has 22 heavy (non-hydrogen) atoms. The van der Waals surface area contributed by atoms with Gasteiger partial charge in [0, 0.05) is 11.8 Å². The summed E-state index contributed by atoms with van der Waals surface area (Å²) in [7, 11) is -0.312. The molecule has 0 unspecified atom stereocenters. The average Bonchev–Trinajstić information content (AvgIpc) is 2.69. The largest absolute Gasteiger partial charge is 0.494 e. The molecule has 0 spiro atoms. The summed E-state index contributed by atoms with van der Waals surface area (Å²) in [5, 5.41) is 0. The van der Waals surface area contributed by atoms with Crippen molar-refractivity contribution in [3.8, 4) is 11.3 Å². The summed E-state index contributed by atoms with van der Waals surface area (Å²) in [6.45, 7) is 8.26. The Kier molecular flexibility index (Phi) is 4.45. The van der Waals surface area contributed by atoms with Gasteiger partial charge in [-0.3, -0.25) is 4.98 Å². The molecular formula is C18H24BNO2. The SMILES string of the molecule is C.CC1(C)OB(c2ccc(-c3ccccn3)cc2)OC1(C)C. The minimum absolute atomic E-state index is 0. The molecule has 3 nitrogen and oxygen atoms in total. The summed E-state index contributed by atoms with van der Waals surface area (Å²) in [6.07, 6.45) is 1.80. The third-order valence-corrected chi connectivity index (χ3v) is 4.40. The van der Waals surface area contributed by atoms with Gasteiger partial charge in [0.1, 0.15) is 0 Å². The third-order valence-electron chi connectivity index (χ3n) is 4.40. The maximum Gasteiger partial charge on any atom is 0.494 e. The van der Waals surface area contributed by atoms with Crippen molar-refractivity contribution in [3.63, 3.8) is 0 Å². The van der Waals surface area contributed by atoms with Gasteiger partial charge in [-0.2, -0.15) is 0 Å². The van der Waals surface area contributed by atoms with Crippen molar-refractivity contribution in [2.45, 2.75) is 46.3 Å². The van der Waals surface area contributed by atoms with Gasteiger partial charge in [-0.25, -0.2) is 0 Å². The molecule has 1 aliphatic rings. The van der Waals surface area contributed by atoms with Gasteiger partial charge < -0.3 is 9.31 Å². The first-order valence-corrected chi connectivity index (χ1v) is 7.26. The highest BCUT2D eigenvalue weighted by Gasteiger charge is 2.51. The molecule has 2 heterocycles. The lowest BCUT2D eigenvalue weighted by Crippen LogP contribution is -2.41. The van der Waals surface area contributed by atoms with E-state index in [1.54, 1.807) is 6.20 Å². The van der Waals surface area contributed by atoms with Crippen LogP contribution in [0.1, 0.15) is 35.1 Å². The zero-order chi connectivity index (χ0) is 15.1. The Balaban J connectivity index is 0.00000176. The molecule has 0 amide bonds. The van der Waals surface area contributed by atoms with Gasteiger partial charge >= 0.3 is 7.12 Å². The molecule has 1 aliphatic heterocycles. The number of benzene rings is 1. The molecular weight excluding hydrogens is 273 g/mol. The van der Waals surface area contributed by atoms with Crippen LogP contribution in [0.4, 0.5) is 0 Å². The second-order valence-corrected chi connectivity index (χ2v) is 6.43. The van der Waals surface area contributed by atoms with Gasteiger partial charge in [0.15, 0.2) is 0 Å². The topological polar surface area (TPSA) is 31.4 Å². The number of hydrogen-bond acceptors (Lipinski definition) is 3. The molecule has 3 rings (SSSR count). The summed E-state index contributed by atoms with van der Waals surface area (Å²) in [6, 6.07) is 14.1. The molecule has 116 valence electrons. The maximum atomic E-state index is 6.06. The first-order valence-electron chi connectivity index (χ1n) is 7.26. The van der Waals surface area contributed by atoms with Crippen LogP contribution in [-0.2, 0) is 9.31 Å². The van der Waals surface area contributed by atoms with E-state index in [0.717, 1.165) is 16.7 Å². The van der Waals surface area contributed by atoms with Crippen LogP contribution in [0.25, 0.3) is 11.3 Å². The van der Waals surface area contributed by atoms with E-state index >= 15 is 0 Å². The fourth-order valence-electron chi connectivity index (χ4n) is 2.32. The summed E-state index contributed by atoms with van der Waals surface area (Å²) in [5.41, 5.74) is 2.48. The van der Waals surface area contributed by atoms with Crippen molar-refractivity contribution in [2.75, 3.05) is 0 Å². The van der Waals surface area contributed by atoms with Crippen molar-refractivity contribution < 1.29 is 9.31 Å². The van der Waals surface area contributed by atoms with Gasteiger partial charge in [-0.05, 0) is 45.3 Å². The number of aromatic nitrogens is 1. The van der Waals surface area contributed by atoms with Crippen LogP contribution >= 0.6 is 0 Å². The van der Waals surface area contributed by atoms with E-state index in [4.69, 9.17) is 9.31 Å². The summed E-state index contributed by atoms with van der Waals surface area (Å²) in [4.78, 5) is 4.36. The fraction of sp³-hybridized carbons (Fsp3) is 0.389. The van der Waals surface area contributed by atoms with E-state index in [1.165, 1.54) is 0 Å². The Hall–Kier alpha value is -1.65. The average molecular weight is 297 g/mol. The second kappa shape index (κ2) is 5.86. The van der Waals surface area contributed by atoms with Gasteiger partial charge in [-0.1, -0.05) is 37.8 Å². The van der Waals surface area contributed by atoms with Crippen LogP contribution in [0.2, 0.25) is 0 Å². The van der Waals surface area contributed by atoms with Crippen molar-refractivity contribution in [1.29, 1.82) is 0 Å². The van der Waals surface area contributed by atoms with Gasteiger partial charge in [0.05, 0.1) is 16.9 Å². The Bertz CT molecular complexity index is 607. The van der Waals surface area contributed by atoms with Gasteiger partial charge in [0.2, 0.25) is 0 Å². The predicted molar refractivity (Wildman–Crippen MR) is 92.1 cm³/mol. The third kappa shape index (κ3) is 2.94. The van der Waals surface area contributed by atoms with Gasteiger partial charge in [0.25, 0.3) is 0 Å². The zero-order valence-electron chi connectivity index (χ0n) is 13.0. The van der Waals surface area contributed by atoms with Crippen molar-refractivity contribution in [2.24, 2.45) is 0 Å². The molecule has 0 N–H and O–H groups in total. The van der Waals surface area contributed by atoms with Crippen molar-refractivity contribution in [3.05, 3.63) is 48.7 Å². The van der Waals surface area contributed by atoms with Crippen LogP contribution in [-0.4, -0.2) is 23.3 Å². The van der Waals surface area contributed by atoms with E-state index < -0.39 is 0 Å². The Morgan fingerprint density at radius 2 is 1.45 bits per heavy atom. The quantitative estimate of drug-likeness (QED) is 0.792. The molecule has 1 aromatic carbocycles. The highest BCUT2D eigenvalue weighted by atomic mass is 16.7. The monoisotopic (exact) mass is 297 g/mol. The van der Waals surface area contributed by atoms with Crippen LogP contribution < -0.4 is 5.46 Å². The van der Waals surface area contributed by atoms with E-state index in [9.17, 15) is 0 Å². The molecule has 0 radical (unpaired) electrons. The smallest absolute Gasteiger partial charge is 0.399 e. The van der Waals surface area contributed by atoms with E-state index in [1.807, 2.05) is 30.3 Å². The molecule has 1 saturated heterocycles. The van der Waals surface area contributed by atoms with Crippen molar-refractivity contribution >= 4 is 12.6 Å². The lowest BCUT2D eigenvalue weighted by Gasteiger charge is -2.32. The summed E-state index contributed by atoms with van der Waals surface area (Å²) in [5.74, 6) is 0. The lowest BCUT2D eigenvalue weighted by atomic mass is 9.79. The fourth-order valence-corrected chi connectivity index (χ4v) is 2.32. The summed E-state index contributed by atoms with van der Waals surface area (Å²) >= 11 is 0. The molecule has 1 fully saturated rings. The number of rotatable bonds is 2. The first kappa shape index (κ1) is 16.7. The number of nitrogens with zero attached hydrogens (tertiary/aromatic N) is 1. The normalized spacial score (nSPS) is 18.8. The number of hydrogen-bond donors (Lipinski definition) is 0. The molecule has 0 atom stereocenters. The zero-order valence-corrected chi connectivity index (χ0v) is 13.0. The van der Waals surface area contributed by atoms with E-state index in [0.29, 0.717) is 0 Å². The molecule has 0 saturated carbocycles. The Morgan fingerprint density at radius 3 is 1.95 bits per heavy atom. The molecule has 1 aromatic heterocycles. The van der Waals surface area contributed by atoms with Crippen LogP contribution in [0.3, 0.4) is 0 Å². The maximum absolute atomic E-state index is 6.06.